The number of nitrogens with one attached hydrogen (secondary N) is 2. The zero-order valence-electron chi connectivity index (χ0n) is 27.0. The molecule has 0 aliphatic heterocycles. The molecule has 2 amide bonds. The van der Waals surface area contributed by atoms with Crippen LogP contribution in [0.2, 0.25) is 0 Å². The van der Waals surface area contributed by atoms with E-state index in [0.29, 0.717) is 24.5 Å². The summed E-state index contributed by atoms with van der Waals surface area (Å²) >= 11 is 3.29. The Morgan fingerprint density at radius 3 is 2.51 bits per heavy atom. The lowest BCUT2D eigenvalue weighted by Crippen LogP contribution is -2.29. The Balaban J connectivity index is 1.20. The van der Waals surface area contributed by atoms with Gasteiger partial charge in [0, 0.05) is 40.2 Å². The number of aromatic nitrogens is 5. The molecule has 0 spiro atoms. The van der Waals surface area contributed by atoms with Crippen LogP contribution in [-0.4, -0.2) is 41.8 Å². The first-order valence-corrected chi connectivity index (χ1v) is 17.4. The van der Waals surface area contributed by atoms with Gasteiger partial charge in [0.15, 0.2) is 11.5 Å². The first-order valence-electron chi connectivity index (χ1n) is 15.4. The number of pyridine rings is 1. The molecule has 0 bridgehead atoms. The minimum atomic E-state index is -0.359. The lowest BCUT2D eigenvalue weighted by Gasteiger charge is -2.18. The number of phenolic OH excluding ortho intramolecular Hbond substituents is 1. The average molecular weight is 664 g/mol. The summed E-state index contributed by atoms with van der Waals surface area (Å²) < 4.78 is 3.41. The number of hydrogen-bond donors (Lipinski definition) is 3. The molecule has 9 nitrogen and oxygen atoms in total. The third-order valence-corrected chi connectivity index (χ3v) is 10.5. The number of hydrogen-bond acceptors (Lipinski definition) is 7. The fourth-order valence-corrected chi connectivity index (χ4v) is 6.48. The van der Waals surface area contributed by atoms with Crippen molar-refractivity contribution in [2.45, 2.75) is 55.2 Å². The summed E-state index contributed by atoms with van der Waals surface area (Å²) in [4.78, 5) is 15.4. The third kappa shape index (κ3) is 6.86. The maximum atomic E-state index is 13.3. The second-order valence-electron chi connectivity index (χ2n) is 11.7. The van der Waals surface area contributed by atoms with Crippen LogP contribution in [0.3, 0.4) is 0 Å². The highest BCUT2D eigenvalue weighted by atomic mass is 32.2. The van der Waals surface area contributed by atoms with Gasteiger partial charge in [0.05, 0.1) is 16.1 Å². The zero-order chi connectivity index (χ0) is 33.1. The van der Waals surface area contributed by atoms with E-state index >= 15 is 0 Å². The van der Waals surface area contributed by atoms with E-state index in [-0.39, 0.29) is 16.5 Å². The van der Waals surface area contributed by atoms with E-state index in [9.17, 15) is 9.90 Å². The van der Waals surface area contributed by atoms with Crippen molar-refractivity contribution in [1.29, 1.82) is 0 Å². The van der Waals surface area contributed by atoms with E-state index < -0.39 is 0 Å². The molecule has 0 saturated carbocycles. The molecule has 240 valence electrons. The lowest BCUT2D eigenvalue weighted by molar-refractivity contribution is 0.251. The molecule has 47 heavy (non-hydrogen) atoms. The minimum absolute atomic E-state index is 0.200. The molecule has 0 fully saturated rings. The summed E-state index contributed by atoms with van der Waals surface area (Å²) in [6, 6.07) is 27.2. The zero-order valence-corrected chi connectivity index (χ0v) is 28.6. The highest BCUT2D eigenvalue weighted by Gasteiger charge is 2.25. The Bertz CT molecular complexity index is 2070. The number of aryl methyl sites for hydroxylation is 2. The Morgan fingerprint density at radius 2 is 1.74 bits per heavy atom. The summed E-state index contributed by atoms with van der Waals surface area (Å²) in [5, 5.41) is 30.2. The van der Waals surface area contributed by atoms with Crippen LogP contribution >= 0.6 is 23.5 Å². The van der Waals surface area contributed by atoms with Crippen LogP contribution in [0.4, 0.5) is 10.6 Å². The predicted molar refractivity (Wildman–Crippen MR) is 191 cm³/mol. The number of fused-ring (bicyclic) bond motifs is 1. The van der Waals surface area contributed by atoms with Crippen molar-refractivity contribution in [1.82, 2.24) is 29.7 Å². The van der Waals surface area contributed by atoms with Crippen LogP contribution in [0.1, 0.15) is 43.2 Å². The molecule has 0 unspecified atom stereocenters. The quantitative estimate of drug-likeness (QED) is 0.135. The van der Waals surface area contributed by atoms with Gasteiger partial charge in [-0.25, -0.2) is 9.48 Å². The van der Waals surface area contributed by atoms with E-state index in [0.717, 1.165) is 49.2 Å². The maximum absolute atomic E-state index is 13.3. The number of anilines is 1. The van der Waals surface area contributed by atoms with Crippen molar-refractivity contribution in [3.8, 4) is 22.8 Å². The molecule has 0 atom stereocenters. The standard InChI is InChI=1S/C36H37N7O2S2/c1-6-24-15-16-26(19-29(24)44)43-33(20-31(41-43)36(3,4)46-5)38-35(45)37-21-25-12-8-10-14-30(25)47-27-17-18-32-39-40-34(42(32)22-27)28-13-9-7-11-23(28)2/h7-20,22,44H,6,21H2,1-5H3,(H2,37,38,45). The molecule has 3 heterocycles. The second-order valence-corrected chi connectivity index (χ2v) is 14.2. The largest absolute Gasteiger partial charge is 0.508 e. The molecule has 0 radical (unpaired) electrons. The van der Waals surface area contributed by atoms with Gasteiger partial charge >= 0.3 is 6.03 Å². The van der Waals surface area contributed by atoms with Crippen LogP contribution in [0.25, 0.3) is 22.7 Å². The van der Waals surface area contributed by atoms with Gasteiger partial charge < -0.3 is 10.4 Å². The molecule has 0 aliphatic rings. The van der Waals surface area contributed by atoms with Crippen LogP contribution in [0.15, 0.2) is 101 Å². The van der Waals surface area contributed by atoms with Crippen LogP contribution < -0.4 is 10.6 Å². The van der Waals surface area contributed by atoms with Crippen LogP contribution in [-0.2, 0) is 17.7 Å². The van der Waals surface area contributed by atoms with Gasteiger partial charge in [-0.3, -0.25) is 9.72 Å². The fourth-order valence-electron chi connectivity index (χ4n) is 5.20. The number of phenols is 1. The number of benzene rings is 3. The highest BCUT2D eigenvalue weighted by Crippen LogP contribution is 2.36. The monoisotopic (exact) mass is 663 g/mol. The number of carbonyl (C=O) groups excluding carboxylic acids is 1. The lowest BCUT2D eigenvalue weighted by atomic mass is 10.1. The molecular formula is C36H37N7O2S2. The molecule has 0 aliphatic carbocycles. The van der Waals surface area contributed by atoms with Gasteiger partial charge in [0.1, 0.15) is 11.6 Å². The normalized spacial score (nSPS) is 11.6. The fraction of sp³-hybridized carbons (Fsp3) is 0.222. The summed E-state index contributed by atoms with van der Waals surface area (Å²) in [6.45, 7) is 8.56. The number of thioether (sulfide) groups is 1. The number of aromatic hydroxyl groups is 1. The van der Waals surface area contributed by atoms with Crippen molar-refractivity contribution in [3.05, 3.63) is 114 Å². The smallest absolute Gasteiger partial charge is 0.320 e. The first-order chi connectivity index (χ1) is 22.7. The summed E-state index contributed by atoms with van der Waals surface area (Å²) in [7, 11) is 0. The Morgan fingerprint density at radius 1 is 0.957 bits per heavy atom. The van der Waals surface area contributed by atoms with Crippen molar-refractivity contribution >= 4 is 41.0 Å². The number of amides is 2. The minimum Gasteiger partial charge on any atom is -0.508 e. The van der Waals surface area contributed by atoms with Gasteiger partial charge in [0.25, 0.3) is 0 Å². The van der Waals surface area contributed by atoms with E-state index in [2.05, 4.69) is 66.0 Å². The number of rotatable bonds is 10. The number of urea groups is 1. The molecular weight excluding hydrogens is 627 g/mol. The highest BCUT2D eigenvalue weighted by molar-refractivity contribution is 7.99. The first kappa shape index (κ1) is 32.2. The van der Waals surface area contributed by atoms with Gasteiger partial charge in [0.2, 0.25) is 0 Å². The van der Waals surface area contributed by atoms with Gasteiger partial charge in [-0.1, -0.05) is 67.2 Å². The third-order valence-electron chi connectivity index (χ3n) is 8.17. The molecule has 6 rings (SSSR count). The van der Waals surface area contributed by atoms with E-state index in [1.165, 1.54) is 0 Å². The SMILES string of the molecule is CCc1ccc(-n2nc(C(C)(C)SC)cc2NC(=O)NCc2ccccc2Sc2ccc3nnc(-c4ccccc4C)n3c2)cc1O. The van der Waals surface area contributed by atoms with Crippen molar-refractivity contribution < 1.29 is 9.90 Å². The molecule has 0 saturated heterocycles. The summed E-state index contributed by atoms with van der Waals surface area (Å²) in [6.07, 6.45) is 4.80. The maximum Gasteiger partial charge on any atom is 0.320 e. The van der Waals surface area contributed by atoms with E-state index in [1.54, 1.807) is 34.3 Å². The molecule has 3 aromatic heterocycles. The Kier molecular flexibility index (Phi) is 9.28. The Hall–Kier alpha value is -4.74. The predicted octanol–water partition coefficient (Wildman–Crippen LogP) is 8.23. The van der Waals surface area contributed by atoms with Gasteiger partial charge in [-0.2, -0.15) is 16.9 Å². The average Bonchev–Trinajstić information content (AvgIpc) is 3.69. The van der Waals surface area contributed by atoms with E-state index in [4.69, 9.17) is 5.10 Å². The molecule has 3 aromatic carbocycles. The number of nitrogens with zero attached hydrogens (tertiary/aromatic N) is 5. The topological polar surface area (TPSA) is 109 Å². The number of carbonyl (C=O) groups is 1. The molecule has 3 N–H and O–H groups in total. The molecule has 11 heteroatoms. The second kappa shape index (κ2) is 13.5. The van der Waals surface area contributed by atoms with Crippen LogP contribution in [0.5, 0.6) is 5.75 Å². The summed E-state index contributed by atoms with van der Waals surface area (Å²) in [5.41, 5.74) is 6.26. The van der Waals surface area contributed by atoms with Gasteiger partial charge in [-0.15, -0.1) is 10.2 Å². The molecule has 6 aromatic rings. The van der Waals surface area contributed by atoms with Crippen molar-refractivity contribution in [2.75, 3.05) is 11.6 Å². The van der Waals surface area contributed by atoms with Crippen molar-refractivity contribution in [3.63, 3.8) is 0 Å². The van der Waals surface area contributed by atoms with Crippen LogP contribution in [0, 0.1) is 6.92 Å². The van der Waals surface area contributed by atoms with E-state index in [1.807, 2.05) is 78.2 Å². The Labute approximate surface area is 282 Å². The van der Waals surface area contributed by atoms with Gasteiger partial charge in [-0.05, 0) is 74.4 Å². The summed E-state index contributed by atoms with van der Waals surface area (Å²) in [5.74, 6) is 1.51. The van der Waals surface area contributed by atoms with Crippen molar-refractivity contribution in [2.24, 2.45) is 0 Å².